The van der Waals surface area contributed by atoms with Crippen LogP contribution < -0.4 is 0 Å². The lowest BCUT2D eigenvalue weighted by Gasteiger charge is -2.40. The number of hydrogen-bond acceptors (Lipinski definition) is 3. The van der Waals surface area contributed by atoms with Gasteiger partial charge in [-0.15, -0.1) is 0 Å². The third kappa shape index (κ3) is 3.23. The van der Waals surface area contributed by atoms with Gasteiger partial charge in [-0.2, -0.15) is 0 Å². The van der Waals surface area contributed by atoms with Crippen molar-refractivity contribution in [1.29, 1.82) is 0 Å². The summed E-state index contributed by atoms with van der Waals surface area (Å²) in [5.74, 6) is 0.195. The first-order chi connectivity index (χ1) is 9.37. The molecule has 0 spiro atoms. The third-order valence-electron chi connectivity index (χ3n) is 4.70. The molecule has 1 aliphatic rings. The molecule has 0 heterocycles. The predicted octanol–water partition coefficient (Wildman–Crippen LogP) is 2.96. The van der Waals surface area contributed by atoms with Gasteiger partial charge in [0.25, 0.3) is 0 Å². The lowest BCUT2D eigenvalue weighted by Crippen LogP contribution is -2.38. The summed E-state index contributed by atoms with van der Waals surface area (Å²) < 4.78 is 25.1. The molecule has 3 nitrogen and oxygen atoms in total. The molecule has 2 rings (SSSR count). The Labute approximate surface area is 121 Å². The van der Waals surface area contributed by atoms with Gasteiger partial charge >= 0.3 is 0 Å². The van der Waals surface area contributed by atoms with Gasteiger partial charge in [-0.25, -0.2) is 8.42 Å². The van der Waals surface area contributed by atoms with E-state index in [2.05, 4.69) is 0 Å². The smallest absolute Gasteiger partial charge is 0.178 e. The van der Waals surface area contributed by atoms with E-state index in [0.29, 0.717) is 4.90 Å². The van der Waals surface area contributed by atoms with E-state index in [-0.39, 0.29) is 23.7 Å². The van der Waals surface area contributed by atoms with Crippen LogP contribution in [0.3, 0.4) is 0 Å². The molecule has 0 amide bonds. The highest BCUT2D eigenvalue weighted by atomic mass is 32.2. The fraction of sp³-hybridized carbons (Fsp3) is 0.625. The number of aliphatic hydroxyl groups is 1. The molecule has 1 N–H and O–H groups in total. The molecule has 1 saturated carbocycles. The van der Waals surface area contributed by atoms with Crippen molar-refractivity contribution < 1.29 is 13.5 Å². The monoisotopic (exact) mass is 296 g/mol. The summed E-state index contributed by atoms with van der Waals surface area (Å²) in [7, 11) is -3.27. The molecule has 0 aliphatic heterocycles. The molecule has 0 saturated heterocycles. The summed E-state index contributed by atoms with van der Waals surface area (Å²) in [5, 5.41) is 9.63. The van der Waals surface area contributed by atoms with Crippen molar-refractivity contribution in [3.05, 3.63) is 29.8 Å². The van der Waals surface area contributed by atoms with Gasteiger partial charge in [0, 0.05) is 6.61 Å². The molecule has 20 heavy (non-hydrogen) atoms. The maximum Gasteiger partial charge on any atom is 0.178 e. The summed E-state index contributed by atoms with van der Waals surface area (Å²) in [5.41, 5.74) is 0.803. The minimum Gasteiger partial charge on any atom is -0.396 e. The van der Waals surface area contributed by atoms with Crippen LogP contribution >= 0.6 is 0 Å². The molecule has 1 aromatic rings. The van der Waals surface area contributed by atoms with Crippen LogP contribution in [-0.2, 0) is 9.84 Å². The Balaban J connectivity index is 2.21. The fourth-order valence-electron chi connectivity index (χ4n) is 3.07. The van der Waals surface area contributed by atoms with Crippen LogP contribution in [0.4, 0.5) is 0 Å². The van der Waals surface area contributed by atoms with Crippen molar-refractivity contribution in [2.24, 2.45) is 11.3 Å². The molecular weight excluding hydrogens is 272 g/mol. The van der Waals surface area contributed by atoms with Gasteiger partial charge in [0.2, 0.25) is 0 Å². The number of hydrogen-bond donors (Lipinski definition) is 1. The average Bonchev–Trinajstić information content (AvgIpc) is 2.42. The Morgan fingerprint density at radius 3 is 2.50 bits per heavy atom. The van der Waals surface area contributed by atoms with Gasteiger partial charge in [-0.3, -0.25) is 0 Å². The Bertz CT molecular complexity index is 548. The number of aryl methyl sites for hydroxylation is 1. The largest absolute Gasteiger partial charge is 0.396 e. The van der Waals surface area contributed by atoms with E-state index in [9.17, 15) is 13.5 Å². The van der Waals surface area contributed by atoms with E-state index in [1.165, 1.54) is 0 Å². The summed E-state index contributed by atoms with van der Waals surface area (Å²) in [6.07, 6.45) is 3.95. The number of rotatable bonds is 4. The first-order valence-corrected chi connectivity index (χ1v) is 8.93. The highest BCUT2D eigenvalue weighted by Crippen LogP contribution is 2.41. The average molecular weight is 296 g/mol. The quantitative estimate of drug-likeness (QED) is 0.929. The van der Waals surface area contributed by atoms with Gasteiger partial charge in [-0.05, 0) is 43.2 Å². The van der Waals surface area contributed by atoms with Crippen molar-refractivity contribution >= 4 is 9.84 Å². The standard InChI is InChI=1S/C16H24O3S/c1-13-6-8-15(9-7-13)20(18,19)11-14-5-3-4-10-16(14,2)12-17/h6-9,14,17H,3-5,10-12H2,1-2H3/t14-,16-/m1/s1. The summed E-state index contributed by atoms with van der Waals surface area (Å²) >= 11 is 0. The summed E-state index contributed by atoms with van der Waals surface area (Å²) in [4.78, 5) is 0.397. The minimum atomic E-state index is -3.27. The molecule has 0 radical (unpaired) electrons. The topological polar surface area (TPSA) is 54.4 Å². The summed E-state index contributed by atoms with van der Waals surface area (Å²) in [6, 6.07) is 7.03. The van der Waals surface area contributed by atoms with E-state index >= 15 is 0 Å². The lowest BCUT2D eigenvalue weighted by molar-refractivity contribution is 0.0511. The molecule has 4 heteroatoms. The van der Waals surface area contributed by atoms with E-state index in [4.69, 9.17) is 0 Å². The molecule has 112 valence electrons. The Kier molecular flexibility index (Phi) is 4.55. The second-order valence-corrected chi connectivity index (χ2v) is 8.38. The van der Waals surface area contributed by atoms with Crippen molar-refractivity contribution in [2.75, 3.05) is 12.4 Å². The van der Waals surface area contributed by atoms with E-state index in [0.717, 1.165) is 31.2 Å². The van der Waals surface area contributed by atoms with Gasteiger partial charge in [0.15, 0.2) is 9.84 Å². The number of aliphatic hydroxyl groups excluding tert-OH is 1. The maximum atomic E-state index is 12.5. The lowest BCUT2D eigenvalue weighted by atomic mass is 9.69. The fourth-order valence-corrected chi connectivity index (χ4v) is 4.91. The van der Waals surface area contributed by atoms with Gasteiger partial charge < -0.3 is 5.11 Å². The SMILES string of the molecule is Cc1ccc(S(=O)(=O)C[C@H]2CCCC[C@]2(C)CO)cc1. The third-order valence-corrected chi connectivity index (χ3v) is 6.53. The van der Waals surface area contributed by atoms with Crippen molar-refractivity contribution in [3.63, 3.8) is 0 Å². The van der Waals surface area contributed by atoms with Crippen molar-refractivity contribution in [3.8, 4) is 0 Å². The van der Waals surface area contributed by atoms with Crippen LogP contribution in [0, 0.1) is 18.3 Å². The van der Waals surface area contributed by atoms with Crippen LogP contribution in [0.2, 0.25) is 0 Å². The first kappa shape index (κ1) is 15.5. The normalized spacial score (nSPS) is 27.4. The zero-order chi connectivity index (χ0) is 14.8. The Morgan fingerprint density at radius 2 is 1.90 bits per heavy atom. The molecule has 1 aliphatic carbocycles. The molecule has 0 aromatic heterocycles. The van der Waals surface area contributed by atoms with E-state index in [1.54, 1.807) is 12.1 Å². The van der Waals surface area contributed by atoms with Crippen LogP contribution in [0.1, 0.15) is 38.2 Å². The Hall–Kier alpha value is -0.870. The first-order valence-electron chi connectivity index (χ1n) is 7.28. The maximum absolute atomic E-state index is 12.5. The van der Waals surface area contributed by atoms with Gasteiger partial charge in [0.05, 0.1) is 10.6 Å². The summed E-state index contributed by atoms with van der Waals surface area (Å²) in [6.45, 7) is 4.03. The molecule has 1 aromatic carbocycles. The van der Waals surface area contributed by atoms with Crippen LogP contribution in [-0.4, -0.2) is 25.9 Å². The molecular formula is C16H24O3S. The van der Waals surface area contributed by atoms with E-state index in [1.807, 2.05) is 26.0 Å². The van der Waals surface area contributed by atoms with Crippen LogP contribution in [0.25, 0.3) is 0 Å². The van der Waals surface area contributed by atoms with Crippen molar-refractivity contribution in [2.45, 2.75) is 44.4 Å². The molecule has 2 atom stereocenters. The minimum absolute atomic E-state index is 0.0487. The zero-order valence-electron chi connectivity index (χ0n) is 12.3. The van der Waals surface area contributed by atoms with Crippen LogP contribution in [0.15, 0.2) is 29.2 Å². The molecule has 0 bridgehead atoms. The second kappa shape index (κ2) is 5.86. The molecule has 0 unspecified atom stereocenters. The highest BCUT2D eigenvalue weighted by molar-refractivity contribution is 7.91. The van der Waals surface area contributed by atoms with Gasteiger partial charge in [0.1, 0.15) is 0 Å². The van der Waals surface area contributed by atoms with Gasteiger partial charge in [-0.1, -0.05) is 37.5 Å². The number of benzene rings is 1. The van der Waals surface area contributed by atoms with Crippen LogP contribution in [0.5, 0.6) is 0 Å². The highest BCUT2D eigenvalue weighted by Gasteiger charge is 2.38. The second-order valence-electron chi connectivity index (χ2n) is 6.35. The van der Waals surface area contributed by atoms with E-state index < -0.39 is 9.84 Å². The zero-order valence-corrected chi connectivity index (χ0v) is 13.1. The molecule has 1 fully saturated rings. The van der Waals surface area contributed by atoms with Crippen molar-refractivity contribution in [1.82, 2.24) is 0 Å². The number of sulfone groups is 1. The Morgan fingerprint density at radius 1 is 1.25 bits per heavy atom. The predicted molar refractivity (Wildman–Crippen MR) is 80.4 cm³/mol.